The van der Waals surface area contributed by atoms with Gasteiger partial charge in [0, 0.05) is 15.9 Å². The second-order valence-corrected chi connectivity index (χ2v) is 6.98. The zero-order valence-corrected chi connectivity index (χ0v) is 11.9. The number of aliphatic hydroxyl groups excluding tert-OH is 1. The average Bonchev–Trinajstić information content (AvgIpc) is 2.24. The van der Waals surface area contributed by atoms with Gasteiger partial charge in [-0.3, -0.25) is 4.79 Å². The van der Waals surface area contributed by atoms with Crippen molar-refractivity contribution < 1.29 is 14.6 Å². The van der Waals surface area contributed by atoms with E-state index in [2.05, 4.69) is 6.26 Å². The maximum Gasteiger partial charge on any atom is 0.315 e. The Morgan fingerprint density at radius 3 is 2.73 bits per heavy atom. The third-order valence-corrected chi connectivity index (χ3v) is 5.19. The van der Waals surface area contributed by atoms with Gasteiger partial charge in [-0.25, -0.2) is 0 Å². The van der Waals surface area contributed by atoms with Crippen molar-refractivity contribution >= 4 is 53.0 Å². The molecule has 0 aliphatic rings. The lowest BCUT2D eigenvalue weighted by Crippen LogP contribution is -2.10. The summed E-state index contributed by atoms with van der Waals surface area (Å²) in [6.45, 7) is 0.391. The Hall–Kier alpha value is 0.830. The summed E-state index contributed by atoms with van der Waals surface area (Å²) in [4.78, 5) is 11.1. The Morgan fingerprint density at radius 2 is 2.07 bits per heavy atom. The number of ether oxygens (including phenoxy) is 1. The van der Waals surface area contributed by atoms with Crippen LogP contribution in [0.25, 0.3) is 0 Å². The number of hydrogen-bond acceptors (Lipinski definition) is 7. The summed E-state index contributed by atoms with van der Waals surface area (Å²) < 4.78 is 4.94. The Balaban J connectivity index is 3.11. The van der Waals surface area contributed by atoms with E-state index in [1.165, 1.54) is 11.8 Å². The Kier molecular flexibility index (Phi) is 13.6. The number of rotatable bonds is 10. The molecule has 1 N–H and O–H groups in total. The summed E-state index contributed by atoms with van der Waals surface area (Å²) in [7, 11) is 0. The smallest absolute Gasteiger partial charge is 0.315 e. The SMILES string of the molecule is CSCSCSCC(=O)OCCSCO. The lowest BCUT2D eigenvalue weighted by molar-refractivity contribution is -0.139. The Bertz CT molecular complexity index is 157. The molecule has 0 amide bonds. The number of hydrogen-bond donors (Lipinski definition) is 1. The molecule has 3 nitrogen and oxygen atoms in total. The number of thioether (sulfide) groups is 4. The fourth-order valence-electron chi connectivity index (χ4n) is 0.622. The van der Waals surface area contributed by atoms with Crippen LogP contribution >= 0.6 is 47.0 Å². The van der Waals surface area contributed by atoms with Gasteiger partial charge in [0.15, 0.2) is 0 Å². The predicted octanol–water partition coefficient (Wildman–Crippen LogP) is 1.96. The van der Waals surface area contributed by atoms with Gasteiger partial charge in [0.1, 0.15) is 6.61 Å². The third-order valence-electron chi connectivity index (χ3n) is 1.17. The van der Waals surface area contributed by atoms with E-state index in [0.717, 1.165) is 10.2 Å². The molecule has 0 radical (unpaired) electrons. The molecule has 0 aromatic carbocycles. The van der Waals surface area contributed by atoms with Crippen LogP contribution in [-0.4, -0.2) is 51.6 Å². The molecule has 0 atom stereocenters. The van der Waals surface area contributed by atoms with Gasteiger partial charge < -0.3 is 9.84 Å². The molecule has 0 bridgehead atoms. The van der Waals surface area contributed by atoms with Crippen LogP contribution in [0.3, 0.4) is 0 Å². The van der Waals surface area contributed by atoms with E-state index < -0.39 is 0 Å². The van der Waals surface area contributed by atoms with Gasteiger partial charge in [0.05, 0.1) is 11.7 Å². The van der Waals surface area contributed by atoms with Crippen molar-refractivity contribution in [3.63, 3.8) is 0 Å². The molecule has 0 unspecified atom stereocenters. The molecule has 15 heavy (non-hydrogen) atoms. The van der Waals surface area contributed by atoms with Crippen molar-refractivity contribution in [1.82, 2.24) is 0 Å². The fraction of sp³-hybridized carbons (Fsp3) is 0.875. The molecule has 0 aliphatic carbocycles. The summed E-state index contributed by atoms with van der Waals surface area (Å²) in [5.41, 5.74) is 0. The predicted molar refractivity (Wildman–Crippen MR) is 73.8 cm³/mol. The maximum atomic E-state index is 11.1. The van der Waals surface area contributed by atoms with Crippen molar-refractivity contribution in [2.45, 2.75) is 0 Å². The van der Waals surface area contributed by atoms with E-state index in [1.54, 1.807) is 23.5 Å². The first-order valence-corrected chi connectivity index (χ1v) is 9.15. The third kappa shape index (κ3) is 12.8. The highest BCUT2D eigenvalue weighted by Crippen LogP contribution is 2.15. The van der Waals surface area contributed by atoms with Gasteiger partial charge in [-0.1, -0.05) is 0 Å². The number of esters is 1. The highest BCUT2D eigenvalue weighted by atomic mass is 32.2. The molecule has 7 heteroatoms. The molecule has 0 heterocycles. The first-order valence-electron chi connectivity index (χ1n) is 4.30. The molecule has 0 saturated heterocycles. The van der Waals surface area contributed by atoms with Crippen LogP contribution in [0.4, 0.5) is 0 Å². The summed E-state index contributed by atoms with van der Waals surface area (Å²) in [6, 6.07) is 0. The van der Waals surface area contributed by atoms with Gasteiger partial charge in [-0.2, -0.15) is 11.8 Å². The summed E-state index contributed by atoms with van der Waals surface area (Å²) in [5, 5.41) is 10.5. The highest BCUT2D eigenvalue weighted by molar-refractivity contribution is 8.22. The van der Waals surface area contributed by atoms with E-state index in [9.17, 15) is 4.79 Å². The minimum absolute atomic E-state index is 0.0810. The van der Waals surface area contributed by atoms with Crippen molar-refractivity contribution in [3.8, 4) is 0 Å². The minimum atomic E-state index is -0.164. The molecular formula is C8H16O3S4. The monoisotopic (exact) mass is 288 g/mol. The first kappa shape index (κ1) is 15.8. The van der Waals surface area contributed by atoms with Gasteiger partial charge in [0.2, 0.25) is 0 Å². The average molecular weight is 288 g/mol. The minimum Gasteiger partial charge on any atom is -0.464 e. The largest absolute Gasteiger partial charge is 0.464 e. The standard InChI is InChI=1S/C8H16O3S4/c1-12-6-15-7-14-4-8(10)11-2-3-13-5-9/h9H,2-7H2,1H3. The van der Waals surface area contributed by atoms with Crippen LogP contribution in [0.5, 0.6) is 0 Å². The summed E-state index contributed by atoms with van der Waals surface area (Å²) in [6.07, 6.45) is 2.06. The molecule has 90 valence electrons. The fourth-order valence-corrected chi connectivity index (χ4v) is 3.56. The Morgan fingerprint density at radius 1 is 1.27 bits per heavy atom. The van der Waals surface area contributed by atoms with Gasteiger partial charge in [-0.05, 0) is 6.26 Å². The zero-order chi connectivity index (χ0) is 11.4. The molecule has 0 aliphatic heterocycles. The van der Waals surface area contributed by atoms with Crippen molar-refractivity contribution in [2.24, 2.45) is 0 Å². The van der Waals surface area contributed by atoms with Crippen LogP contribution in [0.1, 0.15) is 0 Å². The Labute approximate surface area is 108 Å². The van der Waals surface area contributed by atoms with Gasteiger partial charge in [0.25, 0.3) is 0 Å². The zero-order valence-electron chi connectivity index (χ0n) is 8.64. The normalized spacial score (nSPS) is 10.3. The lowest BCUT2D eigenvalue weighted by Gasteiger charge is -2.03. The van der Waals surface area contributed by atoms with E-state index in [-0.39, 0.29) is 11.9 Å². The summed E-state index contributed by atoms with van der Waals surface area (Å²) >= 11 is 6.53. The molecule has 0 fully saturated rings. The quantitative estimate of drug-likeness (QED) is 0.374. The van der Waals surface area contributed by atoms with Crippen LogP contribution in [0, 0.1) is 0 Å². The molecular weight excluding hydrogens is 272 g/mol. The molecule has 0 aromatic heterocycles. The van der Waals surface area contributed by atoms with E-state index >= 15 is 0 Å². The highest BCUT2D eigenvalue weighted by Gasteiger charge is 2.02. The van der Waals surface area contributed by atoms with Gasteiger partial charge >= 0.3 is 5.97 Å². The van der Waals surface area contributed by atoms with E-state index in [4.69, 9.17) is 9.84 Å². The molecule has 0 saturated carbocycles. The van der Waals surface area contributed by atoms with Gasteiger partial charge in [-0.15, -0.1) is 35.3 Å². The lowest BCUT2D eigenvalue weighted by atomic mass is 10.8. The first-order chi connectivity index (χ1) is 7.31. The van der Waals surface area contributed by atoms with Crippen LogP contribution in [-0.2, 0) is 9.53 Å². The van der Waals surface area contributed by atoms with Crippen molar-refractivity contribution in [3.05, 3.63) is 0 Å². The molecule has 0 rings (SSSR count). The van der Waals surface area contributed by atoms with E-state index in [0.29, 0.717) is 18.1 Å². The summed E-state index contributed by atoms with van der Waals surface area (Å²) in [5.74, 6) is 1.00. The van der Waals surface area contributed by atoms with Crippen molar-refractivity contribution in [2.75, 3.05) is 40.5 Å². The van der Waals surface area contributed by atoms with E-state index in [1.807, 2.05) is 11.8 Å². The van der Waals surface area contributed by atoms with Crippen LogP contribution in [0.15, 0.2) is 0 Å². The number of carbonyl (C=O) groups is 1. The maximum absolute atomic E-state index is 11.1. The second kappa shape index (κ2) is 12.9. The topological polar surface area (TPSA) is 46.5 Å². The number of aliphatic hydroxyl groups is 1. The second-order valence-electron chi connectivity index (χ2n) is 2.33. The van der Waals surface area contributed by atoms with Crippen LogP contribution < -0.4 is 0 Å². The van der Waals surface area contributed by atoms with Crippen LogP contribution in [0.2, 0.25) is 0 Å². The number of carbonyl (C=O) groups excluding carboxylic acids is 1. The van der Waals surface area contributed by atoms with Crippen molar-refractivity contribution in [1.29, 1.82) is 0 Å². The molecule has 0 aromatic rings. The molecule has 0 spiro atoms.